The number of benzene rings is 2. The van der Waals surface area contributed by atoms with Gasteiger partial charge in [0.05, 0.1) is 10.6 Å². The molecule has 0 spiro atoms. The highest BCUT2D eigenvalue weighted by atomic mass is 35.5. The summed E-state index contributed by atoms with van der Waals surface area (Å²) in [5.74, 6) is -1.77. The summed E-state index contributed by atoms with van der Waals surface area (Å²) in [4.78, 5) is 10.8. The van der Waals surface area contributed by atoms with Crippen molar-refractivity contribution in [3.8, 4) is 0 Å². The van der Waals surface area contributed by atoms with E-state index < -0.39 is 21.8 Å². The van der Waals surface area contributed by atoms with Gasteiger partial charge in [0.15, 0.2) is 0 Å². The Labute approximate surface area is 154 Å². The lowest BCUT2D eigenvalue weighted by molar-refractivity contribution is -0.133. The van der Waals surface area contributed by atoms with Crippen LogP contribution < -0.4 is 4.72 Å². The van der Waals surface area contributed by atoms with Crippen LogP contribution in [0, 0.1) is 5.82 Å². The van der Waals surface area contributed by atoms with Crippen LogP contribution in [0.25, 0.3) is 0 Å². The van der Waals surface area contributed by atoms with Crippen LogP contribution in [0.4, 0.5) is 4.39 Å². The maximum atomic E-state index is 13.9. The number of carboxylic acids is 1. The molecule has 2 N–H and O–H groups in total. The minimum absolute atomic E-state index is 0.100. The van der Waals surface area contributed by atoms with Crippen molar-refractivity contribution >= 4 is 39.4 Å². The van der Waals surface area contributed by atoms with Crippen molar-refractivity contribution in [1.82, 2.24) is 4.72 Å². The van der Waals surface area contributed by atoms with Gasteiger partial charge in [-0.15, -0.1) is 11.8 Å². The van der Waals surface area contributed by atoms with Gasteiger partial charge in [0.2, 0.25) is 10.0 Å². The lowest BCUT2D eigenvalue weighted by Gasteiger charge is -2.08. The average molecular weight is 404 g/mol. The Morgan fingerprint density at radius 3 is 2.48 bits per heavy atom. The number of hydrogen-bond acceptors (Lipinski definition) is 4. The zero-order valence-electron chi connectivity index (χ0n) is 12.9. The fourth-order valence-corrected chi connectivity index (χ4v) is 3.78. The van der Waals surface area contributed by atoms with E-state index in [0.29, 0.717) is 17.0 Å². The monoisotopic (exact) mass is 403 g/mol. The fourth-order valence-electron chi connectivity index (χ4n) is 1.98. The van der Waals surface area contributed by atoms with Gasteiger partial charge in [-0.3, -0.25) is 4.79 Å². The summed E-state index contributed by atoms with van der Waals surface area (Å²) in [6.45, 7) is 0.103. The van der Waals surface area contributed by atoms with Crippen LogP contribution in [-0.4, -0.2) is 31.8 Å². The van der Waals surface area contributed by atoms with Gasteiger partial charge in [0.25, 0.3) is 0 Å². The summed E-state index contributed by atoms with van der Waals surface area (Å²) < 4.78 is 40.6. The number of nitrogens with one attached hydrogen (secondary N) is 1. The van der Waals surface area contributed by atoms with Gasteiger partial charge in [-0.05, 0) is 48.4 Å². The maximum absolute atomic E-state index is 13.9. The van der Waals surface area contributed by atoms with Crippen molar-refractivity contribution < 1.29 is 22.7 Å². The number of thioether (sulfide) groups is 1. The van der Waals surface area contributed by atoms with Crippen LogP contribution in [0.3, 0.4) is 0 Å². The molecule has 0 aliphatic heterocycles. The first kappa shape index (κ1) is 19.7. The van der Waals surface area contributed by atoms with E-state index in [2.05, 4.69) is 4.72 Å². The van der Waals surface area contributed by atoms with Gasteiger partial charge in [0.1, 0.15) is 5.82 Å². The quantitative estimate of drug-likeness (QED) is 0.661. The Balaban J connectivity index is 1.94. The SMILES string of the molecule is O=C(O)CSc1ccc(CCNS(=O)(=O)c2ccc(Cl)cc2)cc1F. The molecule has 25 heavy (non-hydrogen) atoms. The van der Waals surface area contributed by atoms with Crippen molar-refractivity contribution in [3.63, 3.8) is 0 Å². The first-order chi connectivity index (χ1) is 11.8. The molecule has 0 atom stereocenters. The van der Waals surface area contributed by atoms with E-state index in [4.69, 9.17) is 16.7 Å². The average Bonchev–Trinajstić information content (AvgIpc) is 2.54. The zero-order valence-corrected chi connectivity index (χ0v) is 15.3. The number of hydrogen-bond donors (Lipinski definition) is 2. The smallest absolute Gasteiger partial charge is 0.313 e. The zero-order chi connectivity index (χ0) is 18.4. The van der Waals surface area contributed by atoms with E-state index in [0.717, 1.165) is 11.8 Å². The molecule has 0 aromatic heterocycles. The highest BCUT2D eigenvalue weighted by Crippen LogP contribution is 2.22. The van der Waals surface area contributed by atoms with Crippen molar-refractivity contribution in [1.29, 1.82) is 0 Å². The Hall–Kier alpha value is -1.61. The predicted molar refractivity (Wildman–Crippen MR) is 95.1 cm³/mol. The van der Waals surface area contributed by atoms with Crippen LogP contribution in [0.1, 0.15) is 5.56 Å². The summed E-state index contributed by atoms with van der Waals surface area (Å²) in [6.07, 6.45) is 0.299. The normalized spacial score (nSPS) is 11.4. The van der Waals surface area contributed by atoms with E-state index in [1.807, 2.05) is 0 Å². The van der Waals surface area contributed by atoms with Gasteiger partial charge in [-0.1, -0.05) is 17.7 Å². The second-order valence-electron chi connectivity index (χ2n) is 5.05. The van der Waals surface area contributed by atoms with E-state index >= 15 is 0 Å². The van der Waals surface area contributed by atoms with Gasteiger partial charge in [-0.2, -0.15) is 0 Å². The molecule has 0 saturated carbocycles. The number of rotatable bonds is 8. The summed E-state index contributed by atoms with van der Waals surface area (Å²) in [7, 11) is -3.66. The third kappa shape index (κ3) is 6.00. The molecule has 0 radical (unpaired) electrons. The Kier molecular flexibility index (Phi) is 6.83. The molecular weight excluding hydrogens is 389 g/mol. The van der Waals surface area contributed by atoms with Crippen molar-refractivity contribution in [3.05, 3.63) is 58.9 Å². The lowest BCUT2D eigenvalue weighted by atomic mass is 10.1. The molecule has 2 rings (SSSR count). The summed E-state index contributed by atoms with van der Waals surface area (Å²) in [6, 6.07) is 10.2. The minimum Gasteiger partial charge on any atom is -0.481 e. The molecule has 9 heteroatoms. The highest BCUT2D eigenvalue weighted by Gasteiger charge is 2.13. The predicted octanol–water partition coefficient (Wildman–Crippen LogP) is 3.18. The maximum Gasteiger partial charge on any atom is 0.313 e. The van der Waals surface area contributed by atoms with Gasteiger partial charge in [-0.25, -0.2) is 17.5 Å². The summed E-state index contributed by atoms with van der Waals surface area (Å²) >= 11 is 6.62. The molecule has 0 saturated heterocycles. The highest BCUT2D eigenvalue weighted by molar-refractivity contribution is 8.00. The molecule has 2 aromatic rings. The second-order valence-corrected chi connectivity index (χ2v) is 8.27. The van der Waals surface area contributed by atoms with Crippen molar-refractivity contribution in [2.24, 2.45) is 0 Å². The molecule has 0 fully saturated rings. The molecular formula is C16H15ClFNO4S2. The largest absolute Gasteiger partial charge is 0.481 e. The van der Waals surface area contributed by atoms with Crippen LogP contribution in [0.5, 0.6) is 0 Å². The van der Waals surface area contributed by atoms with Crippen molar-refractivity contribution in [2.75, 3.05) is 12.3 Å². The van der Waals surface area contributed by atoms with Gasteiger partial charge >= 0.3 is 5.97 Å². The van der Waals surface area contributed by atoms with E-state index in [-0.39, 0.29) is 22.1 Å². The third-order valence-electron chi connectivity index (χ3n) is 3.18. The van der Waals surface area contributed by atoms with E-state index in [9.17, 15) is 17.6 Å². The van der Waals surface area contributed by atoms with Gasteiger partial charge in [0, 0.05) is 16.5 Å². The first-order valence-corrected chi connectivity index (χ1v) is 10.0. The van der Waals surface area contributed by atoms with Crippen molar-refractivity contribution in [2.45, 2.75) is 16.2 Å². The molecule has 2 aromatic carbocycles. The molecule has 0 bridgehead atoms. The van der Waals surface area contributed by atoms with Crippen LogP contribution in [-0.2, 0) is 21.2 Å². The minimum atomic E-state index is -3.66. The Morgan fingerprint density at radius 1 is 1.20 bits per heavy atom. The molecule has 0 aliphatic rings. The number of carbonyl (C=O) groups is 1. The standard InChI is InChI=1S/C16H15ClFNO4S2/c17-12-2-4-13(5-3-12)25(22,23)19-8-7-11-1-6-15(14(18)9-11)24-10-16(20)21/h1-6,9,19H,7-8,10H2,(H,20,21). The van der Waals surface area contributed by atoms with Crippen LogP contribution >= 0.6 is 23.4 Å². The second kappa shape index (κ2) is 8.66. The molecule has 5 nitrogen and oxygen atoms in total. The van der Waals surface area contributed by atoms with E-state index in [1.54, 1.807) is 6.07 Å². The van der Waals surface area contributed by atoms with E-state index in [1.165, 1.54) is 36.4 Å². The van der Waals surface area contributed by atoms with Crippen LogP contribution in [0.15, 0.2) is 52.3 Å². The molecule has 0 unspecified atom stereocenters. The third-order valence-corrected chi connectivity index (χ3v) is 5.94. The molecule has 134 valence electrons. The number of sulfonamides is 1. The molecule has 0 amide bonds. The summed E-state index contributed by atoms with van der Waals surface area (Å²) in [5.41, 5.74) is 0.607. The van der Waals surface area contributed by atoms with Gasteiger partial charge < -0.3 is 5.11 Å². The van der Waals surface area contributed by atoms with Crippen LogP contribution in [0.2, 0.25) is 5.02 Å². The Morgan fingerprint density at radius 2 is 1.88 bits per heavy atom. The lowest BCUT2D eigenvalue weighted by Crippen LogP contribution is -2.26. The summed E-state index contributed by atoms with van der Waals surface area (Å²) in [5, 5.41) is 9.05. The Bertz CT molecular complexity index is 857. The fraction of sp³-hybridized carbons (Fsp3) is 0.188. The number of aliphatic carboxylic acids is 1. The first-order valence-electron chi connectivity index (χ1n) is 7.16. The number of halogens is 2. The molecule has 0 heterocycles. The number of carboxylic acid groups (broad SMARTS) is 1. The topological polar surface area (TPSA) is 83.5 Å². The molecule has 0 aliphatic carbocycles.